The van der Waals surface area contributed by atoms with Crippen LogP contribution in [-0.4, -0.2) is 45.3 Å². The van der Waals surface area contributed by atoms with E-state index in [-0.39, 0.29) is 24.4 Å². The molecule has 0 bridgehead atoms. The Balaban J connectivity index is 1.76. The van der Waals surface area contributed by atoms with E-state index in [1.807, 2.05) is 66.0 Å². The van der Waals surface area contributed by atoms with Gasteiger partial charge in [-0.25, -0.2) is 0 Å². The van der Waals surface area contributed by atoms with E-state index in [0.29, 0.717) is 24.6 Å². The lowest BCUT2D eigenvalue weighted by Crippen LogP contribution is -2.45. The highest BCUT2D eigenvalue weighted by atomic mass is 16.2. The molecule has 150 valence electrons. The van der Waals surface area contributed by atoms with Gasteiger partial charge < -0.3 is 14.4 Å². The van der Waals surface area contributed by atoms with E-state index in [1.54, 1.807) is 4.90 Å². The molecule has 0 radical (unpaired) electrons. The second kappa shape index (κ2) is 8.63. The smallest absolute Gasteiger partial charge is 0.254 e. The number of benzene rings is 1. The topological polar surface area (TPSA) is 45.6 Å². The number of aromatic nitrogens is 1. The number of rotatable bonds is 8. The largest absolute Gasteiger partial charge is 0.353 e. The first-order valence-electron chi connectivity index (χ1n) is 10.1. The maximum Gasteiger partial charge on any atom is 0.254 e. The Morgan fingerprint density at radius 1 is 1.14 bits per heavy atom. The number of amides is 2. The van der Waals surface area contributed by atoms with Crippen molar-refractivity contribution in [3.63, 3.8) is 0 Å². The number of hydrogen-bond acceptors (Lipinski definition) is 2. The van der Waals surface area contributed by atoms with Crippen LogP contribution in [0.1, 0.15) is 48.3 Å². The van der Waals surface area contributed by atoms with Gasteiger partial charge in [-0.05, 0) is 49.4 Å². The predicted octanol–water partition coefficient (Wildman–Crippen LogP) is 3.62. The molecular weight excluding hydrogens is 350 g/mol. The fourth-order valence-electron chi connectivity index (χ4n) is 3.52. The van der Waals surface area contributed by atoms with Crippen LogP contribution in [0.3, 0.4) is 0 Å². The van der Waals surface area contributed by atoms with Gasteiger partial charge in [0.05, 0.1) is 6.54 Å². The first-order chi connectivity index (χ1) is 13.4. The molecule has 1 aromatic heterocycles. The lowest BCUT2D eigenvalue weighted by molar-refractivity contribution is -0.133. The fraction of sp³-hybridized carbons (Fsp3) is 0.478. The Labute approximate surface area is 167 Å². The van der Waals surface area contributed by atoms with Crippen molar-refractivity contribution in [2.24, 2.45) is 13.0 Å². The van der Waals surface area contributed by atoms with Gasteiger partial charge in [-0.2, -0.15) is 0 Å². The lowest BCUT2D eigenvalue weighted by Gasteiger charge is -2.29. The molecule has 0 atom stereocenters. The second-order valence-corrected chi connectivity index (χ2v) is 8.26. The fourth-order valence-corrected chi connectivity index (χ4v) is 3.52. The predicted molar refractivity (Wildman–Crippen MR) is 111 cm³/mol. The van der Waals surface area contributed by atoms with E-state index in [4.69, 9.17) is 0 Å². The number of nitrogens with zero attached hydrogens (tertiary/aromatic N) is 3. The molecule has 1 fully saturated rings. The average molecular weight is 382 g/mol. The number of carbonyl (C=O) groups excluding carboxylic acids is 2. The highest BCUT2D eigenvalue weighted by Crippen LogP contribution is 2.29. The molecular formula is C23H31N3O2. The molecule has 0 N–H and O–H groups in total. The van der Waals surface area contributed by atoms with E-state index in [1.165, 1.54) is 0 Å². The summed E-state index contributed by atoms with van der Waals surface area (Å²) < 4.78 is 2.04. The van der Waals surface area contributed by atoms with Gasteiger partial charge in [0.15, 0.2) is 0 Å². The first kappa shape index (κ1) is 20.2. The van der Waals surface area contributed by atoms with Crippen LogP contribution in [0.4, 0.5) is 0 Å². The van der Waals surface area contributed by atoms with E-state index in [9.17, 15) is 9.59 Å². The number of hydrogen-bond donors (Lipinski definition) is 0. The molecule has 2 aromatic rings. The average Bonchev–Trinajstić information content (AvgIpc) is 3.41. The van der Waals surface area contributed by atoms with E-state index in [0.717, 1.165) is 24.1 Å². The van der Waals surface area contributed by atoms with Crippen LogP contribution >= 0.6 is 0 Å². The minimum absolute atomic E-state index is 0.0173. The third kappa shape index (κ3) is 4.83. The van der Waals surface area contributed by atoms with Crippen molar-refractivity contribution in [3.8, 4) is 0 Å². The molecule has 1 saturated carbocycles. The maximum atomic E-state index is 13.2. The van der Waals surface area contributed by atoms with Crippen LogP contribution in [0.5, 0.6) is 0 Å². The molecule has 5 nitrogen and oxygen atoms in total. The quantitative estimate of drug-likeness (QED) is 0.701. The van der Waals surface area contributed by atoms with Crippen molar-refractivity contribution in [3.05, 3.63) is 59.4 Å². The molecule has 0 saturated heterocycles. The Bertz CT molecular complexity index is 836. The second-order valence-electron chi connectivity index (χ2n) is 8.26. The van der Waals surface area contributed by atoms with Crippen LogP contribution in [0.15, 0.2) is 42.6 Å². The summed E-state index contributed by atoms with van der Waals surface area (Å²) in [6, 6.07) is 11.8. The normalized spacial score (nSPS) is 13.6. The van der Waals surface area contributed by atoms with Gasteiger partial charge in [0.25, 0.3) is 5.91 Å². The zero-order valence-electron chi connectivity index (χ0n) is 17.4. The zero-order chi connectivity index (χ0) is 20.3. The van der Waals surface area contributed by atoms with E-state index in [2.05, 4.69) is 13.8 Å². The molecule has 5 heteroatoms. The van der Waals surface area contributed by atoms with Crippen molar-refractivity contribution in [2.75, 3.05) is 13.1 Å². The lowest BCUT2D eigenvalue weighted by atomic mass is 10.1. The molecule has 1 aliphatic carbocycles. The summed E-state index contributed by atoms with van der Waals surface area (Å²) in [5, 5.41) is 0. The highest BCUT2D eigenvalue weighted by molar-refractivity contribution is 5.98. The monoisotopic (exact) mass is 381 g/mol. The van der Waals surface area contributed by atoms with Crippen LogP contribution in [-0.2, 0) is 18.4 Å². The Morgan fingerprint density at radius 3 is 2.43 bits per heavy atom. The third-order valence-corrected chi connectivity index (χ3v) is 5.27. The minimum Gasteiger partial charge on any atom is -0.353 e. The highest BCUT2D eigenvalue weighted by Gasteiger charge is 2.35. The minimum atomic E-state index is -0.0303. The third-order valence-electron chi connectivity index (χ3n) is 5.27. The standard InChI is InChI=1S/C23H31N3O2/c1-17(2)14-25(15-20-9-7-13-24(20)4)22(27)16-26(19-11-12-19)23(28)21-10-6-5-8-18(21)3/h5-10,13,17,19H,11-12,14-16H2,1-4H3. The van der Waals surface area contributed by atoms with Crippen LogP contribution in [0, 0.1) is 12.8 Å². The molecule has 2 amide bonds. The zero-order valence-corrected chi connectivity index (χ0v) is 17.4. The SMILES string of the molecule is Cc1ccccc1C(=O)N(CC(=O)N(Cc1cccn1C)CC(C)C)C1CC1. The van der Waals surface area contributed by atoms with Gasteiger partial charge in [0, 0.05) is 37.1 Å². The van der Waals surface area contributed by atoms with Crippen molar-refractivity contribution >= 4 is 11.8 Å². The molecule has 1 aliphatic rings. The van der Waals surface area contributed by atoms with Gasteiger partial charge in [-0.3, -0.25) is 9.59 Å². The number of aryl methyl sites for hydroxylation is 2. The summed E-state index contributed by atoms with van der Waals surface area (Å²) in [5.74, 6) is 0.353. The molecule has 1 heterocycles. The van der Waals surface area contributed by atoms with Gasteiger partial charge in [-0.1, -0.05) is 32.0 Å². The van der Waals surface area contributed by atoms with Crippen molar-refractivity contribution in [1.29, 1.82) is 0 Å². The molecule has 0 unspecified atom stereocenters. The van der Waals surface area contributed by atoms with E-state index < -0.39 is 0 Å². The van der Waals surface area contributed by atoms with Crippen LogP contribution in [0.25, 0.3) is 0 Å². The van der Waals surface area contributed by atoms with Crippen LogP contribution in [0.2, 0.25) is 0 Å². The van der Waals surface area contributed by atoms with Crippen LogP contribution < -0.4 is 0 Å². The molecule has 1 aromatic carbocycles. The Morgan fingerprint density at radius 2 is 1.86 bits per heavy atom. The summed E-state index contributed by atoms with van der Waals surface area (Å²) in [4.78, 5) is 30.0. The van der Waals surface area contributed by atoms with Crippen molar-refractivity contribution < 1.29 is 9.59 Å². The summed E-state index contributed by atoms with van der Waals surface area (Å²) in [5.41, 5.74) is 2.74. The maximum absolute atomic E-state index is 13.2. The first-order valence-corrected chi connectivity index (χ1v) is 10.1. The molecule has 0 spiro atoms. The van der Waals surface area contributed by atoms with Crippen molar-refractivity contribution in [1.82, 2.24) is 14.4 Å². The van der Waals surface area contributed by atoms with Gasteiger partial charge >= 0.3 is 0 Å². The summed E-state index contributed by atoms with van der Waals surface area (Å²) in [6.45, 7) is 7.57. The Hall–Kier alpha value is -2.56. The Kier molecular flexibility index (Phi) is 6.22. The summed E-state index contributed by atoms with van der Waals surface area (Å²) in [6.07, 6.45) is 3.95. The molecule has 0 aliphatic heterocycles. The van der Waals surface area contributed by atoms with Gasteiger partial charge in [0.1, 0.15) is 6.54 Å². The summed E-state index contributed by atoms with van der Waals surface area (Å²) in [7, 11) is 1.99. The van der Waals surface area contributed by atoms with Gasteiger partial charge in [-0.15, -0.1) is 0 Å². The van der Waals surface area contributed by atoms with E-state index >= 15 is 0 Å². The van der Waals surface area contributed by atoms with Crippen molar-refractivity contribution in [2.45, 2.75) is 46.2 Å². The summed E-state index contributed by atoms with van der Waals surface area (Å²) >= 11 is 0. The molecule has 3 rings (SSSR count). The number of carbonyl (C=O) groups is 2. The van der Waals surface area contributed by atoms with Gasteiger partial charge in [0.2, 0.25) is 5.91 Å². The molecule has 28 heavy (non-hydrogen) atoms.